The molecule has 5 rings (SSSR count). The molecule has 1 aliphatic heterocycles. The lowest BCUT2D eigenvalue weighted by Gasteiger charge is -2.26. The highest BCUT2D eigenvalue weighted by molar-refractivity contribution is 7.89. The number of aromatic amines is 1. The summed E-state index contributed by atoms with van der Waals surface area (Å²) in [6.45, 7) is 0.197. The highest BCUT2D eigenvalue weighted by atomic mass is 32.2. The minimum Gasteiger partial charge on any atom is -0.310 e. The lowest BCUT2D eigenvalue weighted by molar-refractivity contribution is 0.102. The molecule has 0 unspecified atom stereocenters. The molecule has 0 spiro atoms. The number of rotatable bonds is 7. The van der Waals surface area contributed by atoms with Crippen LogP contribution < -0.4 is 10.6 Å². The van der Waals surface area contributed by atoms with Gasteiger partial charge in [0.1, 0.15) is 17.5 Å². The lowest BCUT2D eigenvalue weighted by atomic mass is 10.0. The Bertz CT molecular complexity index is 1420. The first-order chi connectivity index (χ1) is 17.7. The maximum atomic E-state index is 14.8. The van der Waals surface area contributed by atoms with Gasteiger partial charge in [-0.3, -0.25) is 9.89 Å². The maximum absolute atomic E-state index is 14.8. The van der Waals surface area contributed by atoms with Gasteiger partial charge in [0.25, 0.3) is 5.91 Å². The number of hydrogen-bond donors (Lipinski definition) is 3. The van der Waals surface area contributed by atoms with Crippen LogP contribution in [0.5, 0.6) is 0 Å². The summed E-state index contributed by atoms with van der Waals surface area (Å²) >= 11 is 0. The van der Waals surface area contributed by atoms with Crippen LogP contribution in [0.1, 0.15) is 52.9 Å². The largest absolute Gasteiger partial charge is 0.310 e. The third-order valence-corrected chi connectivity index (χ3v) is 8.69. The van der Waals surface area contributed by atoms with Crippen LogP contribution in [0.3, 0.4) is 0 Å². The van der Waals surface area contributed by atoms with Crippen molar-refractivity contribution in [3.8, 4) is 0 Å². The van der Waals surface area contributed by atoms with E-state index in [1.165, 1.54) is 6.07 Å². The number of nitrogens with zero attached hydrogens (tertiary/aromatic N) is 2. The molecule has 0 radical (unpaired) electrons. The molecule has 0 saturated heterocycles. The number of halogens is 3. The van der Waals surface area contributed by atoms with Gasteiger partial charge < -0.3 is 10.6 Å². The Morgan fingerprint density at radius 3 is 2.57 bits per heavy atom. The van der Waals surface area contributed by atoms with Crippen molar-refractivity contribution in [3.05, 3.63) is 76.2 Å². The topological polar surface area (TPSA) is 107 Å². The van der Waals surface area contributed by atoms with Gasteiger partial charge in [-0.25, -0.2) is 21.6 Å². The number of nitrogens with one attached hydrogen (secondary N) is 3. The Kier molecular flexibility index (Phi) is 7.06. The Balaban J connectivity index is 1.36. The molecule has 2 heterocycles. The summed E-state index contributed by atoms with van der Waals surface area (Å²) in [6.07, 6.45) is 4.60. The number of carbonyl (C=O) groups is 1. The minimum absolute atomic E-state index is 0.0490. The lowest BCUT2D eigenvalue weighted by Crippen LogP contribution is -2.36. The van der Waals surface area contributed by atoms with Gasteiger partial charge in [-0.2, -0.15) is 9.40 Å². The van der Waals surface area contributed by atoms with Gasteiger partial charge >= 0.3 is 0 Å². The van der Waals surface area contributed by atoms with Crippen LogP contribution >= 0.6 is 0 Å². The van der Waals surface area contributed by atoms with Gasteiger partial charge in [0.15, 0.2) is 5.82 Å². The zero-order valence-corrected chi connectivity index (χ0v) is 20.7. The number of hydrogen-bond acceptors (Lipinski definition) is 5. The van der Waals surface area contributed by atoms with E-state index >= 15 is 0 Å². The van der Waals surface area contributed by atoms with Crippen LogP contribution in [-0.4, -0.2) is 41.4 Å². The van der Waals surface area contributed by atoms with Gasteiger partial charge in [0.2, 0.25) is 10.0 Å². The Morgan fingerprint density at radius 1 is 1.11 bits per heavy atom. The minimum atomic E-state index is -4.22. The first-order valence-electron chi connectivity index (χ1n) is 12.1. The van der Waals surface area contributed by atoms with Crippen molar-refractivity contribution in [2.24, 2.45) is 0 Å². The average molecular weight is 534 g/mol. The summed E-state index contributed by atoms with van der Waals surface area (Å²) in [4.78, 5) is 12.7. The predicted octanol–water partition coefficient (Wildman–Crippen LogP) is 3.86. The monoisotopic (exact) mass is 533 g/mol. The van der Waals surface area contributed by atoms with E-state index in [0.717, 1.165) is 42.1 Å². The predicted molar refractivity (Wildman–Crippen MR) is 130 cm³/mol. The third-order valence-electron chi connectivity index (χ3n) is 6.87. The van der Waals surface area contributed by atoms with E-state index in [0.29, 0.717) is 35.5 Å². The Hall–Kier alpha value is -3.22. The molecular formula is C25H26F3N5O3S. The smallest absolute Gasteiger partial charge is 0.260 e. The number of anilines is 1. The molecule has 1 saturated carbocycles. The van der Waals surface area contributed by atoms with Gasteiger partial charge in [0, 0.05) is 49.4 Å². The van der Waals surface area contributed by atoms with Gasteiger partial charge in [-0.15, -0.1) is 0 Å². The normalized spacial score (nSPS) is 16.6. The van der Waals surface area contributed by atoms with Crippen molar-refractivity contribution in [1.82, 2.24) is 19.8 Å². The number of benzene rings is 2. The second-order valence-corrected chi connectivity index (χ2v) is 11.3. The van der Waals surface area contributed by atoms with E-state index in [1.54, 1.807) is 12.1 Å². The summed E-state index contributed by atoms with van der Waals surface area (Å²) in [7, 11) is -4.22. The first kappa shape index (κ1) is 25.4. The van der Waals surface area contributed by atoms with Gasteiger partial charge in [-0.1, -0.05) is 25.0 Å². The second kappa shape index (κ2) is 10.3. The van der Waals surface area contributed by atoms with E-state index in [1.807, 2.05) is 0 Å². The van der Waals surface area contributed by atoms with E-state index < -0.39 is 38.3 Å². The summed E-state index contributed by atoms with van der Waals surface area (Å²) in [5.74, 6) is -3.32. The van der Waals surface area contributed by atoms with Crippen LogP contribution in [0.25, 0.3) is 0 Å². The van der Waals surface area contributed by atoms with Gasteiger partial charge in [-0.05, 0) is 36.6 Å². The molecule has 8 nitrogen and oxygen atoms in total. The molecule has 1 aromatic heterocycles. The molecule has 12 heteroatoms. The Labute approximate surface area is 212 Å². The molecule has 0 atom stereocenters. The zero-order chi connectivity index (χ0) is 26.2. The van der Waals surface area contributed by atoms with E-state index in [2.05, 4.69) is 20.8 Å². The van der Waals surface area contributed by atoms with Crippen molar-refractivity contribution in [2.75, 3.05) is 11.9 Å². The van der Waals surface area contributed by atoms with Gasteiger partial charge in [0.05, 0.1) is 10.5 Å². The SMILES string of the molecule is O=C(Nc1n[nH]c2c1CN(S(=O)(=O)c1cc(F)cc(F)c1)CC2)c1c(F)cccc1CNC1CCCC1. The molecule has 1 fully saturated rings. The number of carbonyl (C=O) groups excluding carboxylic acids is 1. The van der Waals surface area contributed by atoms with Crippen LogP contribution in [-0.2, 0) is 29.5 Å². The Morgan fingerprint density at radius 2 is 1.84 bits per heavy atom. The number of fused-ring (bicyclic) bond motifs is 1. The highest BCUT2D eigenvalue weighted by Crippen LogP contribution is 2.29. The standard InChI is InChI=1S/C25H26F3N5O3S/c26-16-10-17(27)12-19(11-16)37(35,36)33-9-8-22-20(14-33)24(32-31-22)30-25(34)23-15(4-3-7-21(23)28)13-29-18-5-1-2-6-18/h3-4,7,10-12,18,29H,1-2,5-6,8-9,13-14H2,(H2,30,31,32,34). The fraction of sp³-hybridized carbons (Fsp3) is 0.360. The molecule has 1 aliphatic carbocycles. The summed E-state index contributed by atoms with van der Waals surface area (Å²) in [6, 6.07) is 6.88. The van der Waals surface area contributed by atoms with E-state index in [-0.39, 0.29) is 30.9 Å². The zero-order valence-electron chi connectivity index (χ0n) is 19.9. The molecule has 2 aromatic carbocycles. The summed E-state index contributed by atoms with van der Waals surface area (Å²) < 4.78 is 69.3. The molecule has 0 bridgehead atoms. The van der Waals surface area contributed by atoms with Crippen LogP contribution in [0, 0.1) is 17.5 Å². The molecular weight excluding hydrogens is 507 g/mol. The fourth-order valence-corrected chi connectivity index (χ4v) is 6.38. The highest BCUT2D eigenvalue weighted by Gasteiger charge is 2.32. The van der Waals surface area contributed by atoms with Crippen LogP contribution in [0.15, 0.2) is 41.3 Å². The number of amides is 1. The van der Waals surface area contributed by atoms with E-state index in [4.69, 9.17) is 0 Å². The average Bonchev–Trinajstić information content (AvgIpc) is 3.52. The van der Waals surface area contributed by atoms with Crippen molar-refractivity contribution < 1.29 is 26.4 Å². The molecule has 37 heavy (non-hydrogen) atoms. The summed E-state index contributed by atoms with van der Waals surface area (Å²) in [5.41, 5.74) is 1.41. The molecule has 2 aliphatic rings. The van der Waals surface area contributed by atoms with Crippen LogP contribution in [0.2, 0.25) is 0 Å². The molecule has 196 valence electrons. The first-order valence-corrected chi connectivity index (χ1v) is 13.5. The molecule has 1 amide bonds. The number of H-pyrrole nitrogens is 1. The third kappa shape index (κ3) is 5.27. The second-order valence-electron chi connectivity index (χ2n) is 9.31. The summed E-state index contributed by atoms with van der Waals surface area (Å²) in [5, 5.41) is 12.9. The molecule has 3 aromatic rings. The maximum Gasteiger partial charge on any atom is 0.260 e. The van der Waals surface area contributed by atoms with Crippen molar-refractivity contribution >= 4 is 21.7 Å². The molecule has 3 N–H and O–H groups in total. The number of aromatic nitrogens is 2. The van der Waals surface area contributed by atoms with Crippen molar-refractivity contribution in [1.29, 1.82) is 0 Å². The van der Waals surface area contributed by atoms with Crippen molar-refractivity contribution in [3.63, 3.8) is 0 Å². The quantitative estimate of drug-likeness (QED) is 0.428. The van der Waals surface area contributed by atoms with E-state index in [9.17, 15) is 26.4 Å². The van der Waals surface area contributed by atoms with Crippen LogP contribution in [0.4, 0.5) is 19.0 Å². The fourth-order valence-electron chi connectivity index (χ4n) is 4.93. The van der Waals surface area contributed by atoms with Crippen molar-refractivity contribution in [2.45, 2.75) is 56.1 Å². The number of sulfonamides is 1.